The summed E-state index contributed by atoms with van der Waals surface area (Å²) < 4.78 is 23.9. The van der Waals surface area contributed by atoms with Crippen LogP contribution in [0.1, 0.15) is 92.2 Å². The predicted molar refractivity (Wildman–Crippen MR) is 153 cm³/mol. The van der Waals surface area contributed by atoms with E-state index in [0.717, 1.165) is 36.0 Å². The van der Waals surface area contributed by atoms with E-state index >= 15 is 0 Å². The molecule has 1 atom stereocenters. The molecule has 0 saturated heterocycles. The zero-order valence-corrected chi connectivity index (χ0v) is 24.1. The molecule has 0 saturated carbocycles. The Bertz CT molecular complexity index is 1380. The van der Waals surface area contributed by atoms with Crippen LogP contribution in [0.5, 0.6) is 11.5 Å². The van der Waals surface area contributed by atoms with E-state index in [4.69, 9.17) is 18.6 Å². The van der Waals surface area contributed by atoms with Crippen LogP contribution in [0.3, 0.4) is 0 Å². The number of aryl methyl sites for hydroxylation is 2. The molecule has 0 bridgehead atoms. The molecule has 0 N–H and O–H groups in total. The Kier molecular flexibility index (Phi) is 9.33. The van der Waals surface area contributed by atoms with Crippen molar-refractivity contribution < 1.29 is 23.4 Å². The summed E-state index contributed by atoms with van der Waals surface area (Å²) in [4.78, 5) is 29.5. The Morgan fingerprint density at radius 2 is 1.74 bits per heavy atom. The molecule has 1 unspecified atom stereocenters. The van der Waals surface area contributed by atoms with Gasteiger partial charge in [0, 0.05) is 13.2 Å². The summed E-state index contributed by atoms with van der Waals surface area (Å²) in [7, 11) is 0. The highest BCUT2D eigenvalue weighted by atomic mass is 16.5. The molecule has 0 aliphatic carbocycles. The van der Waals surface area contributed by atoms with Crippen LogP contribution in [0, 0.1) is 13.8 Å². The number of hydrogen-bond donors (Lipinski definition) is 0. The number of nitrogens with zero attached hydrogens (tertiary/aromatic N) is 1. The fourth-order valence-electron chi connectivity index (χ4n) is 5.22. The molecular formula is C32H41NO6. The van der Waals surface area contributed by atoms with Gasteiger partial charge in [-0.05, 0) is 82.3 Å². The van der Waals surface area contributed by atoms with Crippen molar-refractivity contribution in [3.05, 3.63) is 68.6 Å². The molecular weight excluding hydrogens is 494 g/mol. The lowest BCUT2D eigenvalue weighted by atomic mass is 9.97. The van der Waals surface area contributed by atoms with Crippen molar-refractivity contribution in [1.29, 1.82) is 0 Å². The van der Waals surface area contributed by atoms with Gasteiger partial charge in [-0.25, -0.2) is 0 Å². The lowest BCUT2D eigenvalue weighted by molar-refractivity contribution is 0.0593. The van der Waals surface area contributed by atoms with E-state index in [1.165, 1.54) is 0 Å². The monoisotopic (exact) mass is 535 g/mol. The van der Waals surface area contributed by atoms with E-state index in [2.05, 4.69) is 6.92 Å². The largest absolute Gasteiger partial charge is 0.490 e. The highest BCUT2D eigenvalue weighted by molar-refractivity contribution is 5.99. The second-order valence-electron chi connectivity index (χ2n) is 10.5. The van der Waals surface area contributed by atoms with Gasteiger partial charge in [-0.3, -0.25) is 9.59 Å². The molecule has 1 aromatic heterocycles. The van der Waals surface area contributed by atoms with Crippen LogP contribution in [-0.2, 0) is 4.74 Å². The number of benzene rings is 2. The van der Waals surface area contributed by atoms with Crippen molar-refractivity contribution in [2.75, 3.05) is 26.4 Å². The summed E-state index contributed by atoms with van der Waals surface area (Å²) in [6.45, 7) is 13.9. The third-order valence-electron chi connectivity index (χ3n) is 6.98. The van der Waals surface area contributed by atoms with Crippen LogP contribution in [0.4, 0.5) is 0 Å². The molecule has 2 heterocycles. The molecule has 1 aliphatic heterocycles. The summed E-state index contributed by atoms with van der Waals surface area (Å²) in [5, 5.41) is 0.495. The van der Waals surface area contributed by atoms with Gasteiger partial charge in [0.1, 0.15) is 5.58 Å². The quantitative estimate of drug-likeness (QED) is 0.226. The maximum absolute atomic E-state index is 14.0. The van der Waals surface area contributed by atoms with Crippen LogP contribution >= 0.6 is 0 Å². The molecule has 3 aromatic rings. The third-order valence-corrected chi connectivity index (χ3v) is 6.98. The first-order chi connectivity index (χ1) is 18.8. The van der Waals surface area contributed by atoms with Gasteiger partial charge < -0.3 is 23.5 Å². The van der Waals surface area contributed by atoms with Crippen LogP contribution < -0.4 is 14.9 Å². The van der Waals surface area contributed by atoms with Crippen LogP contribution in [0.15, 0.2) is 39.5 Å². The maximum atomic E-state index is 14.0. The average molecular weight is 536 g/mol. The smallest absolute Gasteiger partial charge is 0.290 e. The van der Waals surface area contributed by atoms with Gasteiger partial charge in [0.05, 0.1) is 36.3 Å². The lowest BCUT2D eigenvalue weighted by Gasteiger charge is -2.26. The molecule has 0 radical (unpaired) electrons. The van der Waals surface area contributed by atoms with Gasteiger partial charge in [0.25, 0.3) is 5.91 Å². The first kappa shape index (κ1) is 28.7. The number of unbranched alkanes of at least 4 members (excludes halogenated alkanes) is 2. The van der Waals surface area contributed by atoms with Crippen LogP contribution in [0.2, 0.25) is 0 Å². The van der Waals surface area contributed by atoms with E-state index in [1.807, 2.05) is 65.0 Å². The number of fused-ring (bicyclic) bond motifs is 2. The topological polar surface area (TPSA) is 78.2 Å². The zero-order valence-electron chi connectivity index (χ0n) is 24.1. The second-order valence-corrected chi connectivity index (χ2v) is 10.5. The van der Waals surface area contributed by atoms with Crippen molar-refractivity contribution in [1.82, 2.24) is 4.90 Å². The van der Waals surface area contributed by atoms with Gasteiger partial charge in [0.2, 0.25) is 5.76 Å². The molecule has 1 amide bonds. The van der Waals surface area contributed by atoms with Crippen LogP contribution in [0.25, 0.3) is 11.0 Å². The molecule has 0 spiro atoms. The van der Waals surface area contributed by atoms with E-state index in [0.29, 0.717) is 60.8 Å². The van der Waals surface area contributed by atoms with Crippen molar-refractivity contribution in [3.63, 3.8) is 0 Å². The normalized spacial score (nSPS) is 14.9. The number of carbonyl (C=O) groups excluding carboxylic acids is 1. The Morgan fingerprint density at radius 3 is 2.46 bits per heavy atom. The van der Waals surface area contributed by atoms with Crippen molar-refractivity contribution in [2.24, 2.45) is 0 Å². The molecule has 1 aliphatic rings. The molecule has 0 fully saturated rings. The molecule has 2 aromatic carbocycles. The fraction of sp³-hybridized carbons (Fsp3) is 0.500. The zero-order chi connectivity index (χ0) is 28.1. The van der Waals surface area contributed by atoms with E-state index in [1.54, 1.807) is 4.90 Å². The minimum atomic E-state index is -0.596. The van der Waals surface area contributed by atoms with E-state index < -0.39 is 6.04 Å². The summed E-state index contributed by atoms with van der Waals surface area (Å²) in [6, 6.07) is 8.91. The van der Waals surface area contributed by atoms with Crippen LogP contribution in [-0.4, -0.2) is 43.3 Å². The highest BCUT2D eigenvalue weighted by Crippen LogP contribution is 2.41. The van der Waals surface area contributed by atoms with Gasteiger partial charge in [-0.2, -0.15) is 0 Å². The molecule has 4 rings (SSSR count). The van der Waals surface area contributed by atoms with Crippen molar-refractivity contribution in [3.8, 4) is 11.5 Å². The van der Waals surface area contributed by atoms with Gasteiger partial charge in [-0.1, -0.05) is 31.9 Å². The Hall–Kier alpha value is -3.32. The SMILES string of the molecule is CCCCCOc1ccc(C2c3c(oc4c(C)cc(C)cc4c3=O)C(=O)N2CCCOC(C)C)cc1OCC. The average Bonchev–Trinajstić information content (AvgIpc) is 3.17. The number of carbonyl (C=O) groups is 1. The standard InChI is InChI=1S/C32H41NO6/c1-7-9-10-15-38-25-13-12-23(19-26(25)36-8-2)28-27-29(34)24-18-21(5)17-22(6)30(24)39-31(27)32(35)33(28)14-11-16-37-20(3)4/h12-13,17-20,28H,7-11,14-16H2,1-6H3. The lowest BCUT2D eigenvalue weighted by Crippen LogP contribution is -2.31. The number of amides is 1. The van der Waals surface area contributed by atoms with Crippen molar-refractivity contribution in [2.45, 2.75) is 79.4 Å². The Morgan fingerprint density at radius 1 is 0.949 bits per heavy atom. The summed E-state index contributed by atoms with van der Waals surface area (Å²) in [5.74, 6) is 1.10. The molecule has 210 valence electrons. The number of hydrogen-bond acceptors (Lipinski definition) is 6. The summed E-state index contributed by atoms with van der Waals surface area (Å²) in [5.41, 5.74) is 3.26. The van der Waals surface area contributed by atoms with E-state index in [9.17, 15) is 9.59 Å². The maximum Gasteiger partial charge on any atom is 0.290 e. The minimum Gasteiger partial charge on any atom is -0.490 e. The Balaban J connectivity index is 1.80. The van der Waals surface area contributed by atoms with Gasteiger partial charge in [-0.15, -0.1) is 0 Å². The first-order valence-electron chi connectivity index (χ1n) is 14.2. The molecule has 39 heavy (non-hydrogen) atoms. The summed E-state index contributed by atoms with van der Waals surface area (Å²) >= 11 is 0. The minimum absolute atomic E-state index is 0.102. The fourth-order valence-corrected chi connectivity index (χ4v) is 5.22. The Labute approximate surface area is 231 Å². The molecule has 7 heteroatoms. The second kappa shape index (κ2) is 12.7. The highest BCUT2D eigenvalue weighted by Gasteiger charge is 2.43. The van der Waals surface area contributed by atoms with Gasteiger partial charge in [0.15, 0.2) is 16.9 Å². The third kappa shape index (κ3) is 6.14. The van der Waals surface area contributed by atoms with Crippen molar-refractivity contribution >= 4 is 16.9 Å². The van der Waals surface area contributed by atoms with E-state index in [-0.39, 0.29) is 23.2 Å². The predicted octanol–water partition coefficient (Wildman–Crippen LogP) is 6.74. The number of ether oxygens (including phenoxy) is 3. The summed E-state index contributed by atoms with van der Waals surface area (Å²) in [6.07, 6.45) is 3.92. The first-order valence-corrected chi connectivity index (χ1v) is 14.2. The van der Waals surface area contributed by atoms with Gasteiger partial charge >= 0.3 is 0 Å². The number of rotatable bonds is 13. The molecule has 7 nitrogen and oxygen atoms in total.